The van der Waals surface area contributed by atoms with Gasteiger partial charge in [-0.05, 0) is 29.8 Å². The molecule has 2 atom stereocenters. The number of nitrogens with one attached hydrogen (secondary N) is 2. The fourth-order valence-electron chi connectivity index (χ4n) is 3.48. The van der Waals surface area contributed by atoms with Gasteiger partial charge < -0.3 is 20.1 Å². The third-order valence-electron chi connectivity index (χ3n) is 5.01. The molecule has 2 amide bonds. The number of ether oxygens (including phenoxy) is 2. The van der Waals surface area contributed by atoms with Gasteiger partial charge >= 0.3 is 5.97 Å². The predicted molar refractivity (Wildman–Crippen MR) is 130 cm³/mol. The highest BCUT2D eigenvalue weighted by Gasteiger charge is 2.45. The lowest BCUT2D eigenvalue weighted by Crippen LogP contribution is -2.44. The maximum absolute atomic E-state index is 12.9. The molecule has 0 unspecified atom stereocenters. The highest BCUT2D eigenvalue weighted by Crippen LogP contribution is 2.42. The van der Waals surface area contributed by atoms with E-state index < -0.39 is 29.6 Å². The summed E-state index contributed by atoms with van der Waals surface area (Å²) >= 11 is 13.3. The number of hydrogen-bond donors (Lipinski definition) is 2. The first-order valence-corrected chi connectivity index (χ1v) is 11.6. The Bertz CT molecular complexity index is 1210. The minimum atomic E-state index is -1.31. The van der Waals surface area contributed by atoms with Crippen molar-refractivity contribution < 1.29 is 23.9 Å². The van der Waals surface area contributed by atoms with Gasteiger partial charge in [-0.3, -0.25) is 14.4 Å². The van der Waals surface area contributed by atoms with Gasteiger partial charge in [0.1, 0.15) is 11.7 Å². The van der Waals surface area contributed by atoms with Gasteiger partial charge in [0.25, 0.3) is 0 Å². The highest BCUT2D eigenvalue weighted by atomic mass is 35.5. The number of anilines is 1. The minimum Gasteiger partial charge on any atom is -0.495 e. The van der Waals surface area contributed by atoms with Crippen LogP contribution in [-0.4, -0.2) is 37.8 Å². The number of amides is 2. The number of nitriles is 1. The van der Waals surface area contributed by atoms with Crippen molar-refractivity contribution in [1.82, 2.24) is 5.32 Å². The Balaban J connectivity index is 1.91. The standard InChI is InChI=1S/C23H19Cl2N3O5S/c1-32-17-8-7-12(24)9-16(17)27-18(29)11-34-22-14(10-26)19(13-5-3-4-6-15(13)25)20(21(30)28-22)23(31)33-2/h3-9,19-20H,11H2,1-2H3,(H,27,29)(H,28,30)/t19-,20-/m0/s1. The maximum Gasteiger partial charge on any atom is 0.319 e. The van der Waals surface area contributed by atoms with Gasteiger partial charge in [0, 0.05) is 16.0 Å². The lowest BCUT2D eigenvalue weighted by Gasteiger charge is -2.31. The maximum atomic E-state index is 12.9. The van der Waals surface area contributed by atoms with Crippen LogP contribution in [0.25, 0.3) is 0 Å². The average Bonchev–Trinajstić information content (AvgIpc) is 2.82. The van der Waals surface area contributed by atoms with E-state index in [0.717, 1.165) is 18.9 Å². The van der Waals surface area contributed by atoms with E-state index in [2.05, 4.69) is 16.7 Å². The van der Waals surface area contributed by atoms with Crippen LogP contribution in [0.1, 0.15) is 11.5 Å². The van der Waals surface area contributed by atoms with Gasteiger partial charge in [-0.1, -0.05) is 53.2 Å². The number of benzene rings is 2. The average molecular weight is 520 g/mol. The summed E-state index contributed by atoms with van der Waals surface area (Å²) in [7, 11) is 2.62. The minimum absolute atomic E-state index is 0.0984. The van der Waals surface area contributed by atoms with Crippen LogP contribution in [0, 0.1) is 17.2 Å². The molecule has 2 aromatic rings. The van der Waals surface area contributed by atoms with Crippen LogP contribution in [0.3, 0.4) is 0 Å². The monoisotopic (exact) mass is 519 g/mol. The van der Waals surface area contributed by atoms with E-state index in [0.29, 0.717) is 27.0 Å². The van der Waals surface area contributed by atoms with Gasteiger partial charge in [-0.25, -0.2) is 0 Å². The number of hydrogen-bond acceptors (Lipinski definition) is 7. The van der Waals surface area contributed by atoms with E-state index in [1.165, 1.54) is 7.11 Å². The summed E-state index contributed by atoms with van der Waals surface area (Å²) in [4.78, 5) is 37.9. The molecule has 0 spiro atoms. The molecule has 0 bridgehead atoms. The first kappa shape index (κ1) is 25.4. The Morgan fingerprint density at radius 2 is 1.94 bits per heavy atom. The van der Waals surface area contributed by atoms with E-state index >= 15 is 0 Å². The Kier molecular flexibility index (Phi) is 8.45. The molecule has 176 valence electrons. The zero-order valence-electron chi connectivity index (χ0n) is 18.1. The zero-order valence-corrected chi connectivity index (χ0v) is 20.4. The van der Waals surface area contributed by atoms with E-state index in [1.54, 1.807) is 42.5 Å². The third-order valence-corrected chi connectivity index (χ3v) is 6.60. The van der Waals surface area contributed by atoms with Gasteiger partial charge in [0.2, 0.25) is 11.8 Å². The van der Waals surface area contributed by atoms with Gasteiger partial charge in [0.15, 0.2) is 0 Å². The fourth-order valence-corrected chi connectivity index (χ4v) is 4.76. The van der Waals surface area contributed by atoms with Crippen molar-refractivity contribution in [2.45, 2.75) is 5.92 Å². The van der Waals surface area contributed by atoms with E-state index in [-0.39, 0.29) is 16.4 Å². The lowest BCUT2D eigenvalue weighted by atomic mass is 9.78. The molecule has 0 fully saturated rings. The van der Waals surface area contributed by atoms with Crippen molar-refractivity contribution in [3.05, 3.63) is 68.7 Å². The second-order valence-corrected chi connectivity index (χ2v) is 8.85. The first-order chi connectivity index (χ1) is 16.3. The Morgan fingerprint density at radius 1 is 1.21 bits per heavy atom. The number of esters is 1. The number of carbonyl (C=O) groups is 3. The third kappa shape index (κ3) is 5.47. The topological polar surface area (TPSA) is 118 Å². The summed E-state index contributed by atoms with van der Waals surface area (Å²) in [5, 5.41) is 16.1. The van der Waals surface area contributed by atoms with Crippen molar-refractivity contribution in [3.63, 3.8) is 0 Å². The molecule has 0 aromatic heterocycles. The van der Waals surface area contributed by atoms with Crippen LogP contribution in [0.5, 0.6) is 5.75 Å². The molecule has 0 aliphatic carbocycles. The van der Waals surface area contributed by atoms with Gasteiger partial charge in [-0.15, -0.1) is 0 Å². The number of allylic oxidation sites excluding steroid dienone is 1. The summed E-state index contributed by atoms with van der Waals surface area (Å²) in [5.41, 5.74) is 0.904. The molecule has 3 rings (SSSR count). The summed E-state index contributed by atoms with van der Waals surface area (Å²) in [6.07, 6.45) is 0. The predicted octanol–water partition coefficient (Wildman–Crippen LogP) is 4.11. The molecular weight excluding hydrogens is 501 g/mol. The van der Waals surface area contributed by atoms with Gasteiger partial charge in [0.05, 0.1) is 42.3 Å². The van der Waals surface area contributed by atoms with Crippen LogP contribution in [0.15, 0.2) is 53.1 Å². The molecule has 2 aromatic carbocycles. The molecule has 8 nitrogen and oxygen atoms in total. The quantitative estimate of drug-likeness (QED) is 0.417. The van der Waals surface area contributed by atoms with Crippen LogP contribution >= 0.6 is 35.0 Å². The van der Waals surface area contributed by atoms with Gasteiger partial charge in [-0.2, -0.15) is 5.26 Å². The molecule has 11 heteroatoms. The number of rotatable bonds is 7. The fraction of sp³-hybridized carbons (Fsp3) is 0.217. The zero-order chi connectivity index (χ0) is 24.8. The molecule has 2 N–H and O–H groups in total. The molecule has 0 saturated heterocycles. The smallest absolute Gasteiger partial charge is 0.319 e. The Labute approximate surface area is 210 Å². The van der Waals surface area contributed by atoms with Crippen molar-refractivity contribution >= 4 is 58.4 Å². The van der Waals surface area contributed by atoms with Crippen LogP contribution in [0.2, 0.25) is 10.0 Å². The molecule has 0 saturated carbocycles. The van der Waals surface area contributed by atoms with Crippen LogP contribution in [0.4, 0.5) is 5.69 Å². The first-order valence-electron chi connectivity index (χ1n) is 9.84. The molecule has 0 radical (unpaired) electrons. The number of carbonyl (C=O) groups excluding carboxylic acids is 3. The van der Waals surface area contributed by atoms with Crippen molar-refractivity contribution in [1.29, 1.82) is 5.26 Å². The van der Waals surface area contributed by atoms with Crippen molar-refractivity contribution in [2.75, 3.05) is 25.3 Å². The van der Waals surface area contributed by atoms with Crippen molar-refractivity contribution in [2.24, 2.45) is 5.92 Å². The summed E-state index contributed by atoms with van der Waals surface area (Å²) in [6.45, 7) is 0. The molecular formula is C23H19Cl2N3O5S. The molecule has 1 aliphatic heterocycles. The van der Waals surface area contributed by atoms with E-state index in [9.17, 15) is 19.6 Å². The van der Waals surface area contributed by atoms with E-state index in [4.69, 9.17) is 32.7 Å². The van der Waals surface area contributed by atoms with Crippen LogP contribution < -0.4 is 15.4 Å². The SMILES string of the molecule is COC(=O)[C@@H]1C(=O)NC(SCC(=O)Nc2cc(Cl)ccc2OC)=C(C#N)[C@@H]1c1ccccc1Cl. The number of methoxy groups -OCH3 is 2. The van der Waals surface area contributed by atoms with Crippen LogP contribution in [-0.2, 0) is 19.1 Å². The number of halogens is 2. The second kappa shape index (κ2) is 11.3. The highest BCUT2D eigenvalue weighted by molar-refractivity contribution is 8.03. The summed E-state index contributed by atoms with van der Waals surface area (Å²) < 4.78 is 10.0. The largest absolute Gasteiger partial charge is 0.495 e. The second-order valence-electron chi connectivity index (χ2n) is 7.03. The lowest BCUT2D eigenvalue weighted by molar-refractivity contribution is -0.150. The molecule has 1 aliphatic rings. The Morgan fingerprint density at radius 3 is 2.59 bits per heavy atom. The van der Waals surface area contributed by atoms with Crippen molar-refractivity contribution in [3.8, 4) is 11.8 Å². The number of nitrogens with zero attached hydrogens (tertiary/aromatic N) is 1. The molecule has 1 heterocycles. The Hall–Kier alpha value is -3.19. The normalized spacial score (nSPS) is 17.4. The summed E-state index contributed by atoms with van der Waals surface area (Å²) in [6, 6.07) is 13.5. The summed E-state index contributed by atoms with van der Waals surface area (Å²) in [5.74, 6) is -3.89. The molecule has 34 heavy (non-hydrogen) atoms. The number of thioether (sulfide) groups is 1. The van der Waals surface area contributed by atoms with E-state index in [1.807, 2.05) is 0 Å².